The molecule has 4 heterocycles. The summed E-state index contributed by atoms with van der Waals surface area (Å²) in [6.07, 6.45) is -0.340. The van der Waals surface area contributed by atoms with Crippen LogP contribution in [-0.2, 0) is 0 Å². The van der Waals surface area contributed by atoms with Gasteiger partial charge < -0.3 is 14.7 Å². The molecule has 0 spiro atoms. The van der Waals surface area contributed by atoms with Crippen molar-refractivity contribution in [1.29, 1.82) is 5.26 Å². The van der Waals surface area contributed by atoms with Crippen LogP contribution >= 0.6 is 0 Å². The van der Waals surface area contributed by atoms with Crippen LogP contribution in [0.1, 0.15) is 93.6 Å². The number of aromatic nitrogens is 2. The lowest BCUT2D eigenvalue weighted by Crippen LogP contribution is -2.69. The smallest absolute Gasteiger partial charge is 0.407 e. The molecule has 3 aliphatic rings. The summed E-state index contributed by atoms with van der Waals surface area (Å²) in [4.78, 5) is 27.4. The zero-order valence-corrected chi connectivity index (χ0v) is 38.0. The molecule has 1 N–H and O–H groups in total. The first-order valence-corrected chi connectivity index (χ1v) is 23.9. The van der Waals surface area contributed by atoms with Crippen molar-refractivity contribution in [3.8, 4) is 34.7 Å². The van der Waals surface area contributed by atoms with E-state index < -0.39 is 48.5 Å². The second-order valence-electron chi connectivity index (χ2n) is 19.5. The van der Waals surface area contributed by atoms with E-state index in [-0.39, 0.29) is 61.0 Å². The van der Waals surface area contributed by atoms with Crippen molar-refractivity contribution in [1.82, 2.24) is 19.8 Å². The van der Waals surface area contributed by atoms with Crippen molar-refractivity contribution in [2.24, 2.45) is 5.41 Å². The van der Waals surface area contributed by atoms with Gasteiger partial charge >= 0.3 is 12.1 Å². The molecular weight excluding hydrogens is 794 g/mol. The first kappa shape index (κ1) is 44.2. The molecule has 7 rings (SSSR count). The molecule has 3 aliphatic heterocycles. The summed E-state index contributed by atoms with van der Waals surface area (Å²) in [5, 5.41) is 22.0. The van der Waals surface area contributed by atoms with E-state index in [0.717, 1.165) is 24.8 Å². The van der Waals surface area contributed by atoms with Crippen molar-refractivity contribution in [2.45, 2.75) is 122 Å². The van der Waals surface area contributed by atoms with Crippen LogP contribution in [0.5, 0.6) is 6.01 Å². The molecule has 3 aromatic carbocycles. The Bertz CT molecular complexity index is 2430. The van der Waals surface area contributed by atoms with Gasteiger partial charge in [-0.1, -0.05) is 98.6 Å². The Hall–Kier alpha value is -4.85. The third kappa shape index (κ3) is 7.50. The van der Waals surface area contributed by atoms with Gasteiger partial charge in [-0.2, -0.15) is 15.2 Å². The molecule has 324 valence electrons. The second kappa shape index (κ2) is 16.4. The molecule has 0 bridgehead atoms. The minimum absolute atomic E-state index is 0.0172. The van der Waals surface area contributed by atoms with Gasteiger partial charge in [0.05, 0.1) is 29.1 Å². The summed E-state index contributed by atoms with van der Waals surface area (Å²) >= 11 is 0. The highest BCUT2D eigenvalue weighted by molar-refractivity contribution is 6.90. The number of rotatable bonds is 9. The molecule has 9 nitrogen and oxygen atoms in total. The average molecular weight is 853 g/mol. The molecule has 61 heavy (non-hydrogen) atoms. The number of ether oxygens (including phenoxy) is 1. The van der Waals surface area contributed by atoms with Crippen LogP contribution in [0.15, 0.2) is 42.5 Å². The number of piperazine rings is 1. The zero-order valence-electron chi connectivity index (χ0n) is 37.0. The molecule has 0 saturated carbocycles. The highest BCUT2D eigenvalue weighted by Crippen LogP contribution is 2.46. The van der Waals surface area contributed by atoms with Gasteiger partial charge in [0.2, 0.25) is 0 Å². The van der Waals surface area contributed by atoms with E-state index in [1.165, 1.54) is 11.0 Å². The van der Waals surface area contributed by atoms with E-state index in [4.69, 9.17) is 9.72 Å². The Morgan fingerprint density at radius 3 is 2.36 bits per heavy atom. The second-order valence-corrected chi connectivity index (χ2v) is 25.0. The minimum atomic E-state index is -2.17. The van der Waals surface area contributed by atoms with E-state index in [2.05, 4.69) is 69.0 Å². The Morgan fingerprint density at radius 1 is 1.03 bits per heavy atom. The Balaban J connectivity index is 1.43. The quantitative estimate of drug-likeness (QED) is 0.131. The standard InChI is InChI=1S/C48H59F3N6O3Si/c1-30(2)61(31(3)4,32(5)6)24-17-34-14-10-13-33-15-11-16-36(39(33)34)40-38(50)25-37-42(41(40)51)53-44(60-29-47-18-12-21-56(47)27-35(49)26-47)54-43(37)55-22-23-57(45(58)59)48(28-55,19-20-52)46(7,8)9/h10-11,13-16,25,30-32,35H,12,18-19,21-23,26-29H2,1-9H3,(H,58,59)/t35-,47+,48-/m1/s1. The fourth-order valence-electron chi connectivity index (χ4n) is 11.2. The van der Waals surface area contributed by atoms with Gasteiger partial charge in [-0.15, -0.1) is 5.54 Å². The fourth-order valence-corrected chi connectivity index (χ4v) is 16.4. The number of amides is 1. The van der Waals surface area contributed by atoms with Gasteiger partial charge in [0.1, 0.15) is 38.0 Å². The lowest BCUT2D eigenvalue weighted by atomic mass is 9.69. The summed E-state index contributed by atoms with van der Waals surface area (Å²) in [6.45, 7) is 20.5. The number of fused-ring (bicyclic) bond motifs is 3. The summed E-state index contributed by atoms with van der Waals surface area (Å²) < 4.78 is 56.0. The number of hydrogen-bond donors (Lipinski definition) is 1. The number of halogens is 3. The van der Waals surface area contributed by atoms with E-state index >= 15 is 8.78 Å². The lowest BCUT2D eigenvalue weighted by Gasteiger charge is -2.55. The molecule has 0 radical (unpaired) electrons. The van der Waals surface area contributed by atoms with E-state index in [9.17, 15) is 19.6 Å². The highest BCUT2D eigenvalue weighted by Gasteiger charge is 2.53. The number of nitriles is 1. The van der Waals surface area contributed by atoms with Crippen LogP contribution in [0.3, 0.4) is 0 Å². The van der Waals surface area contributed by atoms with Gasteiger partial charge in [-0.25, -0.2) is 18.0 Å². The summed E-state index contributed by atoms with van der Waals surface area (Å²) in [5.74, 6) is 1.98. The minimum Gasteiger partial charge on any atom is -0.465 e. The van der Waals surface area contributed by atoms with Crippen molar-refractivity contribution in [3.05, 3.63) is 59.7 Å². The summed E-state index contributed by atoms with van der Waals surface area (Å²) in [5.41, 5.74) is 3.08. The summed E-state index contributed by atoms with van der Waals surface area (Å²) in [6, 6.07) is 14.5. The molecule has 1 aromatic heterocycles. The summed E-state index contributed by atoms with van der Waals surface area (Å²) in [7, 11) is -2.17. The molecule has 0 unspecified atom stereocenters. The fraction of sp³-hybridized carbons (Fsp3) is 0.542. The Labute approximate surface area is 359 Å². The van der Waals surface area contributed by atoms with Crippen LogP contribution in [0.2, 0.25) is 16.6 Å². The van der Waals surface area contributed by atoms with Crippen LogP contribution in [0.25, 0.3) is 32.8 Å². The normalized spacial score (nSPS) is 22.3. The van der Waals surface area contributed by atoms with Gasteiger partial charge in [-0.05, 0) is 64.5 Å². The number of alkyl halides is 1. The van der Waals surface area contributed by atoms with Gasteiger partial charge in [-0.3, -0.25) is 9.80 Å². The Kier molecular flexibility index (Phi) is 11.9. The molecule has 1 amide bonds. The molecule has 3 saturated heterocycles. The maximum Gasteiger partial charge on any atom is 0.407 e. The zero-order chi connectivity index (χ0) is 44.2. The number of anilines is 1. The highest BCUT2D eigenvalue weighted by atomic mass is 28.3. The average Bonchev–Trinajstić information content (AvgIpc) is 3.72. The SMILES string of the molecule is CC(C)[Si](C#Cc1cccc2cccc(-c3c(F)cc4c(N5CCN(C(=O)O)[C@@](CC#N)(C(C)(C)C)C5)nc(OC[C@@]56CCCN5C[C@H](F)C6)nc4c3F)c12)(C(C)C)C(C)C. The number of carbonyl (C=O) groups is 1. The predicted octanol–water partition coefficient (Wildman–Crippen LogP) is 10.8. The molecule has 3 fully saturated rings. The molecule has 4 aromatic rings. The molecule has 0 aliphatic carbocycles. The van der Waals surface area contributed by atoms with Gasteiger partial charge in [0.15, 0.2) is 5.82 Å². The third-order valence-electron chi connectivity index (χ3n) is 14.4. The van der Waals surface area contributed by atoms with Gasteiger partial charge in [0, 0.05) is 48.9 Å². The van der Waals surface area contributed by atoms with Crippen LogP contribution in [0.4, 0.5) is 23.8 Å². The van der Waals surface area contributed by atoms with Gasteiger partial charge in [0.25, 0.3) is 0 Å². The van der Waals surface area contributed by atoms with E-state index in [0.29, 0.717) is 46.1 Å². The molecule has 13 heteroatoms. The Morgan fingerprint density at radius 2 is 1.72 bits per heavy atom. The number of benzene rings is 3. The number of hydrogen-bond acceptors (Lipinski definition) is 7. The van der Waals surface area contributed by atoms with Crippen LogP contribution in [-0.4, -0.2) is 95.6 Å². The maximum atomic E-state index is 17.7. The molecular formula is C48H59F3N6O3Si. The first-order chi connectivity index (χ1) is 28.8. The topological polar surface area (TPSA) is 106 Å². The van der Waals surface area contributed by atoms with Crippen LogP contribution < -0.4 is 9.64 Å². The number of nitrogens with zero attached hydrogens (tertiary/aromatic N) is 6. The lowest BCUT2D eigenvalue weighted by molar-refractivity contribution is -0.00279. The van der Waals surface area contributed by atoms with E-state index in [1.807, 2.05) is 45.0 Å². The largest absolute Gasteiger partial charge is 0.465 e. The van der Waals surface area contributed by atoms with Crippen LogP contribution in [0, 0.1) is 39.8 Å². The van der Waals surface area contributed by atoms with Crippen molar-refractivity contribution in [2.75, 3.05) is 44.2 Å². The van der Waals surface area contributed by atoms with Crippen molar-refractivity contribution < 1.29 is 27.8 Å². The monoisotopic (exact) mass is 852 g/mol. The first-order valence-electron chi connectivity index (χ1n) is 21.7. The van der Waals surface area contributed by atoms with Crippen molar-refractivity contribution in [3.63, 3.8) is 0 Å². The van der Waals surface area contributed by atoms with E-state index in [1.54, 1.807) is 17.0 Å². The molecule has 3 atom stereocenters. The predicted molar refractivity (Wildman–Crippen MR) is 238 cm³/mol. The van der Waals surface area contributed by atoms with Crippen molar-refractivity contribution >= 4 is 41.7 Å². The number of carboxylic acid groups (broad SMARTS) is 1. The maximum absolute atomic E-state index is 17.7. The third-order valence-corrected chi connectivity index (χ3v) is 20.7.